The molecule has 96 valence electrons. The molecule has 0 aliphatic rings. The monoisotopic (exact) mass is 250 g/mol. The molecule has 0 aromatic heterocycles. The molecule has 2 aromatic carbocycles. The van der Waals surface area contributed by atoms with Crippen LogP contribution < -0.4 is 11.5 Å². The highest BCUT2D eigenvalue weighted by molar-refractivity contribution is 5.37. The molecule has 1 atom stereocenters. The molecule has 0 fully saturated rings. The van der Waals surface area contributed by atoms with E-state index in [9.17, 15) is 0 Å². The third-order valence-corrected chi connectivity index (χ3v) is 2.89. The minimum Gasteiger partial charge on any atom is -0.326 e. The quantitative estimate of drug-likeness (QED) is 0.819. The lowest BCUT2D eigenvalue weighted by Gasteiger charge is -2.03. The van der Waals surface area contributed by atoms with Crippen molar-refractivity contribution in [3.8, 4) is 11.8 Å². The summed E-state index contributed by atoms with van der Waals surface area (Å²) in [5.41, 5.74) is 14.9. The van der Waals surface area contributed by atoms with Crippen LogP contribution in [0.3, 0.4) is 0 Å². The zero-order chi connectivity index (χ0) is 13.5. The molecule has 1 unspecified atom stereocenters. The Kier molecular flexibility index (Phi) is 4.74. The van der Waals surface area contributed by atoms with Crippen molar-refractivity contribution in [3.05, 3.63) is 71.3 Å². The van der Waals surface area contributed by atoms with Gasteiger partial charge in [-0.1, -0.05) is 54.3 Å². The van der Waals surface area contributed by atoms with Gasteiger partial charge in [0.2, 0.25) is 0 Å². The van der Waals surface area contributed by atoms with Gasteiger partial charge in [-0.25, -0.2) is 0 Å². The lowest BCUT2D eigenvalue weighted by molar-refractivity contribution is 0.835. The zero-order valence-corrected chi connectivity index (χ0v) is 10.8. The van der Waals surface area contributed by atoms with E-state index in [-0.39, 0.29) is 6.04 Å². The molecule has 2 heteroatoms. The van der Waals surface area contributed by atoms with E-state index in [1.54, 1.807) is 0 Å². The van der Waals surface area contributed by atoms with Gasteiger partial charge in [0.15, 0.2) is 0 Å². The Labute approximate surface area is 114 Å². The first-order valence-electron chi connectivity index (χ1n) is 6.38. The first-order valence-corrected chi connectivity index (χ1v) is 6.38. The molecule has 0 radical (unpaired) electrons. The van der Waals surface area contributed by atoms with Gasteiger partial charge >= 0.3 is 0 Å². The molecule has 0 aliphatic heterocycles. The van der Waals surface area contributed by atoms with Gasteiger partial charge in [0.25, 0.3) is 0 Å². The number of hydrogen-bond donors (Lipinski definition) is 2. The van der Waals surface area contributed by atoms with E-state index in [1.165, 1.54) is 5.56 Å². The van der Waals surface area contributed by atoms with Crippen molar-refractivity contribution in [1.29, 1.82) is 0 Å². The predicted molar refractivity (Wildman–Crippen MR) is 79.3 cm³/mol. The molecule has 19 heavy (non-hydrogen) atoms. The Hall–Kier alpha value is -2.08. The number of nitrogens with two attached hydrogens (primary N) is 2. The van der Waals surface area contributed by atoms with Crippen LogP contribution in [0.2, 0.25) is 0 Å². The van der Waals surface area contributed by atoms with E-state index in [0.717, 1.165) is 17.5 Å². The zero-order valence-electron chi connectivity index (χ0n) is 10.8. The van der Waals surface area contributed by atoms with E-state index >= 15 is 0 Å². The second-order valence-electron chi connectivity index (χ2n) is 4.47. The predicted octanol–water partition coefficient (Wildman–Crippen LogP) is 2.07. The van der Waals surface area contributed by atoms with Gasteiger partial charge in [-0.2, -0.15) is 0 Å². The van der Waals surface area contributed by atoms with Crippen molar-refractivity contribution in [2.24, 2.45) is 11.5 Å². The largest absolute Gasteiger partial charge is 0.326 e. The fourth-order valence-electron chi connectivity index (χ4n) is 1.82. The molecule has 0 bridgehead atoms. The van der Waals surface area contributed by atoms with Gasteiger partial charge in [-0.05, 0) is 29.7 Å². The molecule has 2 rings (SSSR count). The third kappa shape index (κ3) is 4.26. The van der Waals surface area contributed by atoms with Crippen molar-refractivity contribution in [2.45, 2.75) is 19.0 Å². The maximum absolute atomic E-state index is 6.02. The Morgan fingerprint density at radius 3 is 2.21 bits per heavy atom. The first-order chi connectivity index (χ1) is 9.28. The molecule has 0 heterocycles. The van der Waals surface area contributed by atoms with Gasteiger partial charge in [-0.3, -0.25) is 0 Å². The van der Waals surface area contributed by atoms with Crippen LogP contribution in [0.15, 0.2) is 54.6 Å². The van der Waals surface area contributed by atoms with Gasteiger partial charge in [0.1, 0.15) is 0 Å². The minimum absolute atomic E-state index is 0.142. The van der Waals surface area contributed by atoms with E-state index in [4.69, 9.17) is 11.5 Å². The van der Waals surface area contributed by atoms with Crippen molar-refractivity contribution in [1.82, 2.24) is 0 Å². The van der Waals surface area contributed by atoms with Crippen LogP contribution in [0.5, 0.6) is 0 Å². The van der Waals surface area contributed by atoms with Crippen molar-refractivity contribution in [3.63, 3.8) is 0 Å². The Morgan fingerprint density at radius 2 is 1.58 bits per heavy atom. The summed E-state index contributed by atoms with van der Waals surface area (Å²) in [5.74, 6) is 6.18. The number of benzene rings is 2. The van der Waals surface area contributed by atoms with E-state index < -0.39 is 0 Å². The molecule has 0 spiro atoms. The van der Waals surface area contributed by atoms with Crippen LogP contribution in [0, 0.1) is 11.8 Å². The third-order valence-electron chi connectivity index (χ3n) is 2.89. The van der Waals surface area contributed by atoms with Gasteiger partial charge in [0, 0.05) is 12.1 Å². The molecular formula is C17H18N2. The summed E-state index contributed by atoms with van der Waals surface area (Å²) >= 11 is 0. The number of rotatable bonds is 3. The van der Waals surface area contributed by atoms with Crippen molar-refractivity contribution >= 4 is 0 Å². The smallest absolute Gasteiger partial charge is 0.0709 e. The SMILES string of the molecule is NCc1ccc(C#CC(N)Cc2ccccc2)cc1. The van der Waals surface area contributed by atoms with Crippen LogP contribution in [0.4, 0.5) is 0 Å². The second-order valence-corrected chi connectivity index (χ2v) is 4.47. The standard InChI is InChI=1S/C17H18N2/c18-13-16-8-6-14(7-9-16)10-11-17(19)12-15-4-2-1-3-5-15/h1-9,17H,12-13,18-19H2. The summed E-state index contributed by atoms with van der Waals surface area (Å²) in [5, 5.41) is 0. The highest BCUT2D eigenvalue weighted by Gasteiger charge is 1.99. The van der Waals surface area contributed by atoms with E-state index in [1.807, 2.05) is 42.5 Å². The first kappa shape index (κ1) is 13.4. The van der Waals surface area contributed by atoms with Crippen LogP contribution >= 0.6 is 0 Å². The topological polar surface area (TPSA) is 52.0 Å². The van der Waals surface area contributed by atoms with Crippen LogP contribution in [0.25, 0.3) is 0 Å². The maximum atomic E-state index is 6.02. The molecular weight excluding hydrogens is 232 g/mol. The fraction of sp³-hybridized carbons (Fsp3) is 0.176. The normalized spacial score (nSPS) is 11.5. The summed E-state index contributed by atoms with van der Waals surface area (Å²) in [6.07, 6.45) is 0.773. The highest BCUT2D eigenvalue weighted by atomic mass is 14.6. The van der Waals surface area contributed by atoms with Gasteiger partial charge < -0.3 is 11.5 Å². The second kappa shape index (κ2) is 6.75. The highest BCUT2D eigenvalue weighted by Crippen LogP contribution is 2.03. The summed E-state index contributed by atoms with van der Waals surface area (Å²) in [6, 6.07) is 18.0. The van der Waals surface area contributed by atoms with Crippen LogP contribution in [-0.4, -0.2) is 6.04 Å². The Morgan fingerprint density at radius 1 is 0.895 bits per heavy atom. The molecule has 2 nitrogen and oxygen atoms in total. The summed E-state index contributed by atoms with van der Waals surface area (Å²) in [6.45, 7) is 0.557. The summed E-state index contributed by atoms with van der Waals surface area (Å²) in [7, 11) is 0. The molecule has 0 saturated carbocycles. The van der Waals surface area contributed by atoms with E-state index in [2.05, 4.69) is 24.0 Å². The fourth-order valence-corrected chi connectivity index (χ4v) is 1.82. The molecule has 2 aromatic rings. The number of hydrogen-bond acceptors (Lipinski definition) is 2. The average Bonchev–Trinajstić information content (AvgIpc) is 2.47. The lowest BCUT2D eigenvalue weighted by atomic mass is 10.1. The van der Waals surface area contributed by atoms with Crippen LogP contribution in [0.1, 0.15) is 16.7 Å². The molecule has 4 N–H and O–H groups in total. The molecule has 0 aliphatic carbocycles. The summed E-state index contributed by atoms with van der Waals surface area (Å²) < 4.78 is 0. The Bertz CT molecular complexity index is 562. The average molecular weight is 250 g/mol. The van der Waals surface area contributed by atoms with Gasteiger partial charge in [-0.15, -0.1) is 0 Å². The summed E-state index contributed by atoms with van der Waals surface area (Å²) in [4.78, 5) is 0. The Balaban J connectivity index is 1.98. The van der Waals surface area contributed by atoms with Crippen molar-refractivity contribution < 1.29 is 0 Å². The minimum atomic E-state index is -0.142. The van der Waals surface area contributed by atoms with Gasteiger partial charge in [0.05, 0.1) is 6.04 Å². The maximum Gasteiger partial charge on any atom is 0.0709 e. The molecule has 0 amide bonds. The lowest BCUT2D eigenvalue weighted by Crippen LogP contribution is -2.20. The van der Waals surface area contributed by atoms with Crippen LogP contribution in [-0.2, 0) is 13.0 Å². The van der Waals surface area contributed by atoms with Crippen molar-refractivity contribution in [2.75, 3.05) is 0 Å². The molecule has 0 saturated heterocycles. The van der Waals surface area contributed by atoms with E-state index in [0.29, 0.717) is 6.54 Å².